The third kappa shape index (κ3) is 3.96. The van der Waals surface area contributed by atoms with E-state index in [1.54, 1.807) is 7.11 Å². The molecule has 0 saturated carbocycles. The molecule has 0 spiro atoms. The Bertz CT molecular complexity index is 470. The minimum atomic E-state index is -0.114. The van der Waals surface area contributed by atoms with Gasteiger partial charge < -0.3 is 19.7 Å². The van der Waals surface area contributed by atoms with Crippen molar-refractivity contribution in [1.29, 1.82) is 0 Å². The molecule has 1 aliphatic heterocycles. The summed E-state index contributed by atoms with van der Waals surface area (Å²) in [7, 11) is 3.74. The zero-order chi connectivity index (χ0) is 15.5. The van der Waals surface area contributed by atoms with Gasteiger partial charge in [0.2, 0.25) is 0 Å². The Balaban J connectivity index is 2.14. The average Bonchev–Trinajstić information content (AvgIpc) is 2.68. The van der Waals surface area contributed by atoms with E-state index in [1.807, 2.05) is 11.7 Å². The van der Waals surface area contributed by atoms with E-state index in [-0.39, 0.29) is 5.60 Å². The molecule has 0 unspecified atom stereocenters. The Morgan fingerprint density at radius 1 is 1.43 bits per heavy atom. The van der Waals surface area contributed by atoms with Crippen LogP contribution in [0.2, 0.25) is 0 Å². The van der Waals surface area contributed by atoms with Gasteiger partial charge in [0.25, 0.3) is 0 Å². The van der Waals surface area contributed by atoms with Gasteiger partial charge in [0.15, 0.2) is 0 Å². The highest BCUT2D eigenvalue weighted by Crippen LogP contribution is 2.27. The fourth-order valence-corrected chi connectivity index (χ4v) is 2.88. The molecule has 2 heterocycles. The van der Waals surface area contributed by atoms with Crippen molar-refractivity contribution < 1.29 is 9.47 Å². The maximum Gasteiger partial charge on any atom is 0.131 e. The summed E-state index contributed by atoms with van der Waals surface area (Å²) < 4.78 is 12.9. The molecule has 2 rings (SSSR count). The van der Waals surface area contributed by atoms with E-state index in [1.165, 1.54) is 11.4 Å². The second-order valence-electron chi connectivity index (χ2n) is 6.21. The van der Waals surface area contributed by atoms with Gasteiger partial charge in [0.1, 0.15) is 5.82 Å². The maximum atomic E-state index is 5.81. The van der Waals surface area contributed by atoms with Gasteiger partial charge in [-0.2, -0.15) is 5.10 Å². The Morgan fingerprint density at radius 3 is 2.86 bits per heavy atom. The van der Waals surface area contributed by atoms with Crippen LogP contribution in [-0.4, -0.2) is 55.3 Å². The van der Waals surface area contributed by atoms with Crippen molar-refractivity contribution in [2.45, 2.75) is 32.9 Å². The summed E-state index contributed by atoms with van der Waals surface area (Å²) in [5, 5.41) is 8.02. The van der Waals surface area contributed by atoms with Crippen molar-refractivity contribution in [3.63, 3.8) is 0 Å². The van der Waals surface area contributed by atoms with Crippen LogP contribution in [0.3, 0.4) is 0 Å². The summed E-state index contributed by atoms with van der Waals surface area (Å²) in [5.74, 6) is 1.20. The third-order valence-electron chi connectivity index (χ3n) is 3.82. The third-order valence-corrected chi connectivity index (χ3v) is 3.82. The number of nitrogens with zero attached hydrogens (tertiary/aromatic N) is 3. The Hall–Kier alpha value is -1.11. The van der Waals surface area contributed by atoms with Crippen molar-refractivity contribution in [2.75, 3.05) is 44.9 Å². The first kappa shape index (κ1) is 16.3. The average molecular weight is 296 g/mol. The van der Waals surface area contributed by atoms with E-state index >= 15 is 0 Å². The Kier molecular flexibility index (Phi) is 5.24. The summed E-state index contributed by atoms with van der Waals surface area (Å²) in [6, 6.07) is 0. The van der Waals surface area contributed by atoms with Crippen LogP contribution in [0.15, 0.2) is 0 Å². The SMILES string of the molecule is COCCNCc1c(C)nn(C)c1N1CCOC(C)(C)C1. The Morgan fingerprint density at radius 2 is 2.19 bits per heavy atom. The van der Waals surface area contributed by atoms with E-state index in [0.29, 0.717) is 0 Å². The summed E-state index contributed by atoms with van der Waals surface area (Å²) in [6.07, 6.45) is 0. The van der Waals surface area contributed by atoms with E-state index in [9.17, 15) is 0 Å². The lowest BCUT2D eigenvalue weighted by atomic mass is 10.1. The molecule has 21 heavy (non-hydrogen) atoms. The molecule has 120 valence electrons. The molecule has 6 nitrogen and oxygen atoms in total. The molecule has 6 heteroatoms. The highest BCUT2D eigenvalue weighted by molar-refractivity contribution is 5.51. The number of nitrogens with one attached hydrogen (secondary N) is 1. The Labute approximate surface area is 127 Å². The number of anilines is 1. The molecule has 0 aliphatic carbocycles. The molecule has 0 bridgehead atoms. The summed E-state index contributed by atoms with van der Waals surface area (Å²) in [4.78, 5) is 2.39. The van der Waals surface area contributed by atoms with E-state index in [4.69, 9.17) is 9.47 Å². The first-order valence-electron chi connectivity index (χ1n) is 7.55. The highest BCUT2D eigenvalue weighted by atomic mass is 16.5. The van der Waals surface area contributed by atoms with Crippen molar-refractivity contribution in [2.24, 2.45) is 7.05 Å². The van der Waals surface area contributed by atoms with Gasteiger partial charge in [-0.3, -0.25) is 4.68 Å². The molecule has 0 aromatic carbocycles. The maximum absolute atomic E-state index is 5.81. The number of hydrogen-bond donors (Lipinski definition) is 1. The molecule has 1 saturated heterocycles. The smallest absolute Gasteiger partial charge is 0.131 e. The molecule has 1 aromatic heterocycles. The van der Waals surface area contributed by atoms with Crippen molar-refractivity contribution in [3.05, 3.63) is 11.3 Å². The number of aromatic nitrogens is 2. The minimum Gasteiger partial charge on any atom is -0.383 e. The lowest BCUT2D eigenvalue weighted by Gasteiger charge is -2.39. The highest BCUT2D eigenvalue weighted by Gasteiger charge is 2.30. The van der Waals surface area contributed by atoms with Crippen LogP contribution in [0, 0.1) is 6.92 Å². The van der Waals surface area contributed by atoms with Gasteiger partial charge in [-0.25, -0.2) is 0 Å². The van der Waals surface area contributed by atoms with Crippen LogP contribution in [0.4, 0.5) is 5.82 Å². The lowest BCUT2D eigenvalue weighted by molar-refractivity contribution is -0.0281. The molecule has 0 atom stereocenters. The van der Waals surface area contributed by atoms with Crippen LogP contribution >= 0.6 is 0 Å². The van der Waals surface area contributed by atoms with Crippen LogP contribution in [-0.2, 0) is 23.1 Å². The number of morpholine rings is 1. The fraction of sp³-hybridized carbons (Fsp3) is 0.800. The van der Waals surface area contributed by atoms with Crippen LogP contribution < -0.4 is 10.2 Å². The van der Waals surface area contributed by atoms with Crippen molar-refractivity contribution in [3.8, 4) is 0 Å². The first-order chi connectivity index (χ1) is 9.94. The molecule has 1 fully saturated rings. The molecular formula is C15H28N4O2. The molecule has 1 aliphatic rings. The quantitative estimate of drug-likeness (QED) is 0.796. The number of rotatable bonds is 6. The predicted molar refractivity (Wildman–Crippen MR) is 83.8 cm³/mol. The summed E-state index contributed by atoms with van der Waals surface area (Å²) in [5.41, 5.74) is 2.24. The summed E-state index contributed by atoms with van der Waals surface area (Å²) >= 11 is 0. The number of methoxy groups -OCH3 is 1. The minimum absolute atomic E-state index is 0.114. The monoisotopic (exact) mass is 296 g/mol. The number of aryl methyl sites for hydroxylation is 2. The van der Waals surface area contributed by atoms with Gasteiger partial charge in [-0.05, 0) is 20.8 Å². The zero-order valence-corrected chi connectivity index (χ0v) is 13.9. The number of hydrogen-bond acceptors (Lipinski definition) is 5. The molecule has 0 amide bonds. The van der Waals surface area contributed by atoms with Crippen molar-refractivity contribution in [1.82, 2.24) is 15.1 Å². The van der Waals surface area contributed by atoms with Gasteiger partial charge in [0.05, 0.1) is 24.5 Å². The van der Waals surface area contributed by atoms with E-state index < -0.39 is 0 Å². The van der Waals surface area contributed by atoms with Gasteiger partial charge in [0, 0.05) is 45.9 Å². The standard InChI is InChI=1S/C15H28N4O2/c1-12-13(10-16-6-8-20-5)14(18(4)17-12)19-7-9-21-15(2,3)11-19/h16H,6-11H2,1-5H3. The molecule has 1 N–H and O–H groups in total. The fourth-order valence-electron chi connectivity index (χ4n) is 2.88. The topological polar surface area (TPSA) is 51.5 Å². The zero-order valence-electron chi connectivity index (χ0n) is 13.9. The van der Waals surface area contributed by atoms with Crippen molar-refractivity contribution >= 4 is 5.82 Å². The molecule has 1 aromatic rings. The van der Waals surface area contributed by atoms with Crippen LogP contribution in [0.5, 0.6) is 0 Å². The van der Waals surface area contributed by atoms with Crippen LogP contribution in [0.25, 0.3) is 0 Å². The van der Waals surface area contributed by atoms with Gasteiger partial charge in [-0.1, -0.05) is 0 Å². The largest absolute Gasteiger partial charge is 0.383 e. The summed E-state index contributed by atoms with van der Waals surface area (Å²) in [6.45, 7) is 11.3. The molecular weight excluding hydrogens is 268 g/mol. The van der Waals surface area contributed by atoms with E-state index in [2.05, 4.69) is 36.1 Å². The number of ether oxygens (including phenoxy) is 2. The first-order valence-corrected chi connectivity index (χ1v) is 7.55. The van der Waals surface area contributed by atoms with Crippen LogP contribution in [0.1, 0.15) is 25.1 Å². The van der Waals surface area contributed by atoms with E-state index in [0.717, 1.165) is 45.1 Å². The second kappa shape index (κ2) is 6.77. The second-order valence-corrected chi connectivity index (χ2v) is 6.21. The lowest BCUT2D eigenvalue weighted by Crippen LogP contribution is -2.49. The molecule has 0 radical (unpaired) electrons. The normalized spacial score (nSPS) is 18.2. The van der Waals surface area contributed by atoms with Gasteiger partial charge in [-0.15, -0.1) is 0 Å². The predicted octanol–water partition coefficient (Wildman–Crippen LogP) is 1.08. The van der Waals surface area contributed by atoms with Gasteiger partial charge >= 0.3 is 0 Å².